The molecule has 1 heterocycles. The smallest absolute Gasteiger partial charge is 0.256 e. The van der Waals surface area contributed by atoms with E-state index < -0.39 is 0 Å². The van der Waals surface area contributed by atoms with E-state index in [0.717, 1.165) is 38.6 Å². The molecule has 0 atom stereocenters. The van der Waals surface area contributed by atoms with Gasteiger partial charge in [0.1, 0.15) is 6.00 Å². The number of rotatable bonds is 4. The molecule has 0 radical (unpaired) electrons. The summed E-state index contributed by atoms with van der Waals surface area (Å²) in [6.07, 6.45) is 13.2. The van der Waals surface area contributed by atoms with Gasteiger partial charge in [0.15, 0.2) is 0 Å². The van der Waals surface area contributed by atoms with Crippen LogP contribution in [-0.2, 0) is 4.79 Å². The van der Waals surface area contributed by atoms with Gasteiger partial charge in [-0.05, 0) is 19.3 Å². The first-order valence-corrected chi connectivity index (χ1v) is 8.05. The number of nitrogens with zero attached hydrogens (tertiary/aromatic N) is 3. The van der Waals surface area contributed by atoms with Crippen LogP contribution in [0.2, 0.25) is 0 Å². The van der Waals surface area contributed by atoms with Crippen LogP contribution in [0.5, 0.6) is 0 Å². The summed E-state index contributed by atoms with van der Waals surface area (Å²) in [5.74, 6) is 2.36. The Hall–Kier alpha value is -1.31. The van der Waals surface area contributed by atoms with Crippen molar-refractivity contribution < 1.29 is 4.79 Å². The first kappa shape index (κ1) is 16.1. The molecule has 0 aromatic heterocycles. The Morgan fingerprint density at radius 3 is 2.71 bits per heavy atom. The van der Waals surface area contributed by atoms with E-state index >= 15 is 0 Å². The largest absolute Gasteiger partial charge is 0.337 e. The molecule has 0 spiro atoms. The highest BCUT2D eigenvalue weighted by molar-refractivity contribution is 6.19. The summed E-state index contributed by atoms with van der Waals surface area (Å²) in [6.45, 7) is 3.56. The van der Waals surface area contributed by atoms with Crippen molar-refractivity contribution in [3.05, 3.63) is 11.6 Å². The molecule has 1 saturated carbocycles. The van der Waals surface area contributed by atoms with Gasteiger partial charge in [-0.2, -0.15) is 0 Å². The quantitative estimate of drug-likeness (QED) is 0.261. The number of hydrogen-bond donors (Lipinski definition) is 0. The van der Waals surface area contributed by atoms with Crippen LogP contribution < -0.4 is 0 Å². The molecule has 0 aromatic carbocycles. The van der Waals surface area contributed by atoms with Gasteiger partial charge in [-0.3, -0.25) is 14.7 Å². The van der Waals surface area contributed by atoms with Crippen LogP contribution in [-0.4, -0.2) is 60.1 Å². The average Bonchev–Trinajstić information content (AvgIpc) is 2.67. The third kappa shape index (κ3) is 4.33. The van der Waals surface area contributed by atoms with Gasteiger partial charge >= 0.3 is 0 Å². The lowest BCUT2D eigenvalue weighted by Gasteiger charge is -2.36. The second-order valence-corrected chi connectivity index (χ2v) is 5.70. The van der Waals surface area contributed by atoms with Crippen molar-refractivity contribution in [2.45, 2.75) is 31.7 Å². The minimum Gasteiger partial charge on any atom is -0.337 e. The lowest BCUT2D eigenvalue weighted by Crippen LogP contribution is -2.43. The molecule has 114 valence electrons. The van der Waals surface area contributed by atoms with Gasteiger partial charge in [-0.25, -0.2) is 0 Å². The zero-order chi connectivity index (χ0) is 15.1. The maximum absolute atomic E-state index is 12.5. The number of halogens is 1. The highest BCUT2D eigenvalue weighted by Crippen LogP contribution is 2.25. The number of amides is 1. The first-order chi connectivity index (χ1) is 10.3. The monoisotopic (exact) mass is 307 g/mol. The lowest BCUT2D eigenvalue weighted by molar-refractivity contribution is -0.126. The first-order valence-electron chi connectivity index (χ1n) is 7.51. The minimum absolute atomic E-state index is 0.0442. The van der Waals surface area contributed by atoms with Crippen molar-refractivity contribution in [3.63, 3.8) is 0 Å². The predicted molar refractivity (Wildman–Crippen MR) is 86.5 cm³/mol. The van der Waals surface area contributed by atoms with Crippen molar-refractivity contribution in [1.29, 1.82) is 0 Å². The molecule has 0 N–H and O–H groups in total. The number of hydrogen-bond acceptors (Lipinski definition) is 3. The van der Waals surface area contributed by atoms with E-state index in [1.54, 1.807) is 0 Å². The SMILES string of the molecule is C#C/C=C(\C=NCCl)C(=O)N1CCCN(C2CCC2)CC1. The number of carbonyl (C=O) groups is 1. The maximum atomic E-state index is 12.5. The summed E-state index contributed by atoms with van der Waals surface area (Å²) in [4.78, 5) is 20.8. The highest BCUT2D eigenvalue weighted by Gasteiger charge is 2.28. The fourth-order valence-electron chi connectivity index (χ4n) is 2.82. The highest BCUT2D eigenvalue weighted by atomic mass is 35.5. The second kappa shape index (κ2) is 8.21. The molecule has 1 aliphatic heterocycles. The van der Waals surface area contributed by atoms with Gasteiger partial charge in [0.25, 0.3) is 5.91 Å². The van der Waals surface area contributed by atoms with Crippen LogP contribution in [0.1, 0.15) is 25.7 Å². The fraction of sp³-hybridized carbons (Fsp3) is 0.625. The number of aliphatic imine (C=N–C) groups is 1. The summed E-state index contributed by atoms with van der Waals surface area (Å²) < 4.78 is 0. The topological polar surface area (TPSA) is 35.9 Å². The molecule has 0 unspecified atom stereocenters. The number of terminal acetylenes is 1. The Balaban J connectivity index is 1.96. The van der Waals surface area contributed by atoms with E-state index in [0.29, 0.717) is 5.57 Å². The van der Waals surface area contributed by atoms with Crippen molar-refractivity contribution in [1.82, 2.24) is 9.80 Å². The summed E-state index contributed by atoms with van der Waals surface area (Å²) in [5, 5.41) is 0. The van der Waals surface area contributed by atoms with Crippen molar-refractivity contribution in [3.8, 4) is 12.3 Å². The predicted octanol–water partition coefficient (Wildman–Crippen LogP) is 1.90. The Morgan fingerprint density at radius 1 is 1.29 bits per heavy atom. The Labute approximate surface area is 131 Å². The molecule has 2 aliphatic rings. The second-order valence-electron chi connectivity index (χ2n) is 5.46. The Morgan fingerprint density at radius 2 is 2.10 bits per heavy atom. The molecule has 1 aliphatic carbocycles. The van der Waals surface area contributed by atoms with Crippen molar-refractivity contribution >= 4 is 23.7 Å². The molecule has 0 bridgehead atoms. The number of alkyl halides is 1. The number of carbonyl (C=O) groups excluding carboxylic acids is 1. The van der Waals surface area contributed by atoms with Crippen LogP contribution in [0.25, 0.3) is 0 Å². The van der Waals surface area contributed by atoms with Crippen LogP contribution in [0.3, 0.4) is 0 Å². The van der Waals surface area contributed by atoms with E-state index in [1.807, 2.05) is 4.90 Å². The third-order valence-corrected chi connectivity index (χ3v) is 4.33. The molecule has 5 heteroatoms. The summed E-state index contributed by atoms with van der Waals surface area (Å²) in [6, 6.07) is 0.864. The lowest BCUT2D eigenvalue weighted by atomic mass is 9.91. The number of allylic oxidation sites excluding steroid dienone is 1. The molecule has 1 saturated heterocycles. The van der Waals surface area contributed by atoms with E-state index in [2.05, 4.69) is 15.8 Å². The van der Waals surface area contributed by atoms with E-state index in [1.165, 1.54) is 31.6 Å². The molecule has 21 heavy (non-hydrogen) atoms. The van der Waals surface area contributed by atoms with Gasteiger partial charge in [-0.1, -0.05) is 12.3 Å². The molecule has 2 rings (SSSR count). The fourth-order valence-corrected chi connectivity index (χ4v) is 2.89. The van der Waals surface area contributed by atoms with Crippen LogP contribution in [0, 0.1) is 12.3 Å². The normalized spacial score (nSPS) is 21.9. The van der Waals surface area contributed by atoms with Crippen molar-refractivity contribution in [2.75, 3.05) is 32.2 Å². The van der Waals surface area contributed by atoms with E-state index in [-0.39, 0.29) is 11.9 Å². The zero-order valence-corrected chi connectivity index (χ0v) is 13.1. The van der Waals surface area contributed by atoms with E-state index in [9.17, 15) is 4.79 Å². The molecular formula is C16H22ClN3O. The van der Waals surface area contributed by atoms with Crippen molar-refractivity contribution in [2.24, 2.45) is 4.99 Å². The third-order valence-electron chi connectivity index (χ3n) is 4.19. The van der Waals surface area contributed by atoms with Gasteiger partial charge in [0.2, 0.25) is 0 Å². The molecule has 2 fully saturated rings. The maximum Gasteiger partial charge on any atom is 0.256 e. The standard InChI is InChI=1S/C16H22ClN3O/c1-2-5-14(12-18-13-17)16(21)20-9-4-8-19(10-11-20)15-6-3-7-15/h1,5,12,15H,3-4,6-11,13H2/b14-5+,18-12?. The Kier molecular flexibility index (Phi) is 6.28. The molecule has 0 aromatic rings. The average molecular weight is 308 g/mol. The van der Waals surface area contributed by atoms with Gasteiger partial charge in [0.05, 0.1) is 5.57 Å². The van der Waals surface area contributed by atoms with Crippen LogP contribution >= 0.6 is 11.6 Å². The minimum atomic E-state index is -0.0442. The van der Waals surface area contributed by atoms with E-state index in [4.69, 9.17) is 18.0 Å². The molecular weight excluding hydrogens is 286 g/mol. The van der Waals surface area contributed by atoms with Gasteiger partial charge < -0.3 is 4.90 Å². The molecule has 4 nitrogen and oxygen atoms in total. The Bertz CT molecular complexity index is 463. The molecule has 1 amide bonds. The zero-order valence-electron chi connectivity index (χ0n) is 12.3. The van der Waals surface area contributed by atoms with Crippen LogP contribution in [0.4, 0.5) is 0 Å². The van der Waals surface area contributed by atoms with Gasteiger partial charge in [0, 0.05) is 44.5 Å². The summed E-state index contributed by atoms with van der Waals surface area (Å²) in [5.41, 5.74) is 0.440. The van der Waals surface area contributed by atoms with Gasteiger partial charge in [-0.15, -0.1) is 18.0 Å². The van der Waals surface area contributed by atoms with Crippen LogP contribution in [0.15, 0.2) is 16.6 Å². The summed E-state index contributed by atoms with van der Waals surface area (Å²) in [7, 11) is 0. The summed E-state index contributed by atoms with van der Waals surface area (Å²) >= 11 is 5.53.